The SMILES string of the molecule is COc1cc(C(=O)CBr)cc(C#N)c1O. The van der Waals surface area contributed by atoms with Crippen LogP contribution in [0.1, 0.15) is 15.9 Å². The number of ether oxygens (including phenoxy) is 1. The van der Waals surface area contributed by atoms with Gasteiger partial charge in [0.05, 0.1) is 18.0 Å². The summed E-state index contributed by atoms with van der Waals surface area (Å²) in [6, 6.07) is 4.53. The van der Waals surface area contributed by atoms with E-state index in [-0.39, 0.29) is 28.2 Å². The van der Waals surface area contributed by atoms with Gasteiger partial charge in [-0.25, -0.2) is 0 Å². The van der Waals surface area contributed by atoms with E-state index in [9.17, 15) is 9.90 Å². The number of benzene rings is 1. The van der Waals surface area contributed by atoms with Gasteiger partial charge in [-0.2, -0.15) is 5.26 Å². The van der Waals surface area contributed by atoms with Gasteiger partial charge in [0.15, 0.2) is 17.3 Å². The summed E-state index contributed by atoms with van der Waals surface area (Å²) in [6.45, 7) is 0. The number of hydrogen-bond acceptors (Lipinski definition) is 4. The van der Waals surface area contributed by atoms with Crippen molar-refractivity contribution in [1.82, 2.24) is 0 Å². The first-order valence-electron chi connectivity index (χ1n) is 4.04. The van der Waals surface area contributed by atoms with Gasteiger partial charge in [0.2, 0.25) is 0 Å². The maximum atomic E-state index is 11.4. The summed E-state index contributed by atoms with van der Waals surface area (Å²) in [6.07, 6.45) is 0. The van der Waals surface area contributed by atoms with Crippen LogP contribution < -0.4 is 4.74 Å². The number of phenols is 1. The zero-order valence-electron chi connectivity index (χ0n) is 7.95. The van der Waals surface area contributed by atoms with E-state index in [0.717, 1.165) is 0 Å². The third-order valence-corrected chi connectivity index (χ3v) is 2.37. The Kier molecular flexibility index (Phi) is 3.69. The Labute approximate surface area is 95.2 Å². The van der Waals surface area contributed by atoms with Crippen LogP contribution in [0.2, 0.25) is 0 Å². The smallest absolute Gasteiger partial charge is 0.175 e. The highest BCUT2D eigenvalue weighted by Gasteiger charge is 2.13. The lowest BCUT2D eigenvalue weighted by Crippen LogP contribution is -2.01. The summed E-state index contributed by atoms with van der Waals surface area (Å²) in [4.78, 5) is 11.4. The molecule has 4 nitrogen and oxygen atoms in total. The minimum Gasteiger partial charge on any atom is -0.503 e. The molecule has 0 unspecified atom stereocenters. The van der Waals surface area contributed by atoms with E-state index in [1.165, 1.54) is 19.2 Å². The summed E-state index contributed by atoms with van der Waals surface area (Å²) in [5, 5.41) is 18.4. The van der Waals surface area contributed by atoms with Crippen LogP contribution in [0.15, 0.2) is 12.1 Å². The molecule has 0 spiro atoms. The van der Waals surface area contributed by atoms with E-state index in [2.05, 4.69) is 15.9 Å². The molecular formula is C10H8BrNO3. The minimum absolute atomic E-state index is 0.0265. The second-order valence-corrected chi connectivity index (χ2v) is 3.30. The molecule has 0 radical (unpaired) electrons. The molecule has 0 bridgehead atoms. The molecule has 0 saturated carbocycles. The number of aromatic hydroxyl groups is 1. The minimum atomic E-state index is -0.244. The molecule has 0 aliphatic heterocycles. The normalized spacial score (nSPS) is 9.40. The Bertz CT molecular complexity index is 437. The van der Waals surface area contributed by atoms with Gasteiger partial charge in [-0.05, 0) is 12.1 Å². The number of halogens is 1. The molecule has 0 fully saturated rings. The Hall–Kier alpha value is -1.54. The lowest BCUT2D eigenvalue weighted by atomic mass is 10.1. The van der Waals surface area contributed by atoms with Crippen molar-refractivity contribution >= 4 is 21.7 Å². The molecule has 1 aromatic rings. The van der Waals surface area contributed by atoms with E-state index < -0.39 is 0 Å². The maximum absolute atomic E-state index is 11.4. The second-order valence-electron chi connectivity index (χ2n) is 2.74. The molecule has 5 heteroatoms. The lowest BCUT2D eigenvalue weighted by Gasteiger charge is -2.06. The molecule has 0 saturated heterocycles. The molecule has 15 heavy (non-hydrogen) atoms. The van der Waals surface area contributed by atoms with Gasteiger partial charge in [0, 0.05) is 5.56 Å². The largest absolute Gasteiger partial charge is 0.503 e. The van der Waals surface area contributed by atoms with E-state index in [4.69, 9.17) is 10.00 Å². The van der Waals surface area contributed by atoms with Crippen molar-refractivity contribution in [3.05, 3.63) is 23.3 Å². The van der Waals surface area contributed by atoms with Crippen molar-refractivity contribution < 1.29 is 14.6 Å². The fraction of sp³-hybridized carbons (Fsp3) is 0.200. The second kappa shape index (κ2) is 4.80. The number of hydrogen-bond donors (Lipinski definition) is 1. The first-order chi connectivity index (χ1) is 7.13. The number of alkyl halides is 1. The zero-order valence-corrected chi connectivity index (χ0v) is 9.54. The maximum Gasteiger partial charge on any atom is 0.175 e. The fourth-order valence-corrected chi connectivity index (χ4v) is 1.41. The van der Waals surface area contributed by atoms with Gasteiger partial charge in [-0.15, -0.1) is 0 Å². The summed E-state index contributed by atoms with van der Waals surface area (Å²) in [7, 11) is 1.36. The van der Waals surface area contributed by atoms with Gasteiger partial charge in [0.1, 0.15) is 6.07 Å². The van der Waals surface area contributed by atoms with Crippen LogP contribution in [0.25, 0.3) is 0 Å². The highest BCUT2D eigenvalue weighted by molar-refractivity contribution is 9.09. The van der Waals surface area contributed by atoms with Gasteiger partial charge >= 0.3 is 0 Å². The third kappa shape index (κ3) is 2.28. The number of Topliss-reactive ketones (excluding diaryl/α,β-unsaturated/α-hetero) is 1. The molecule has 1 rings (SSSR count). The quantitative estimate of drug-likeness (QED) is 0.672. The third-order valence-electron chi connectivity index (χ3n) is 1.86. The van der Waals surface area contributed by atoms with Crippen LogP contribution in [-0.2, 0) is 0 Å². The molecule has 0 aromatic heterocycles. The zero-order chi connectivity index (χ0) is 11.4. The van der Waals surface area contributed by atoms with Crippen LogP contribution in [0, 0.1) is 11.3 Å². The Balaban J connectivity index is 3.34. The van der Waals surface area contributed by atoms with Crippen molar-refractivity contribution in [2.75, 3.05) is 12.4 Å². The number of rotatable bonds is 3. The lowest BCUT2D eigenvalue weighted by molar-refractivity contribution is 0.102. The van der Waals surface area contributed by atoms with E-state index in [0.29, 0.717) is 5.56 Å². The average Bonchev–Trinajstić information content (AvgIpc) is 2.28. The van der Waals surface area contributed by atoms with Gasteiger partial charge in [-0.3, -0.25) is 4.79 Å². The Morgan fingerprint density at radius 1 is 1.67 bits per heavy atom. The number of phenolic OH excluding ortho intramolecular Hbond substituents is 1. The molecule has 0 aliphatic rings. The number of methoxy groups -OCH3 is 1. The molecule has 1 N–H and O–H groups in total. The van der Waals surface area contributed by atoms with Crippen LogP contribution >= 0.6 is 15.9 Å². The summed E-state index contributed by atoms with van der Waals surface area (Å²) in [5.41, 5.74) is 0.358. The molecule has 0 heterocycles. The predicted molar refractivity (Wildman–Crippen MR) is 57.5 cm³/mol. The number of carbonyl (C=O) groups excluding carboxylic acids is 1. The topological polar surface area (TPSA) is 70.3 Å². The van der Waals surface area contributed by atoms with Crippen LogP contribution in [0.5, 0.6) is 11.5 Å². The van der Waals surface area contributed by atoms with Gasteiger partial charge in [-0.1, -0.05) is 15.9 Å². The first kappa shape index (κ1) is 11.5. The molecule has 0 aliphatic carbocycles. The molecule has 1 aromatic carbocycles. The van der Waals surface area contributed by atoms with Crippen LogP contribution in [0.3, 0.4) is 0 Å². The van der Waals surface area contributed by atoms with Crippen LogP contribution in [0.4, 0.5) is 0 Å². The highest BCUT2D eigenvalue weighted by atomic mass is 79.9. The Morgan fingerprint density at radius 2 is 2.33 bits per heavy atom. The number of ketones is 1. The standard InChI is InChI=1S/C10H8BrNO3/c1-15-9-3-6(8(13)4-11)2-7(5-12)10(9)14/h2-3,14H,4H2,1H3. The monoisotopic (exact) mass is 269 g/mol. The van der Waals surface area contributed by atoms with Crippen molar-refractivity contribution in [2.24, 2.45) is 0 Å². The number of nitrogens with zero attached hydrogens (tertiary/aromatic N) is 1. The van der Waals surface area contributed by atoms with Crippen molar-refractivity contribution in [2.45, 2.75) is 0 Å². The number of carbonyl (C=O) groups is 1. The number of nitriles is 1. The molecular weight excluding hydrogens is 262 g/mol. The first-order valence-corrected chi connectivity index (χ1v) is 5.16. The average molecular weight is 270 g/mol. The fourth-order valence-electron chi connectivity index (χ4n) is 1.09. The molecule has 78 valence electrons. The summed E-state index contributed by atoms with van der Waals surface area (Å²) >= 11 is 3.03. The van der Waals surface area contributed by atoms with Gasteiger partial charge in [0.25, 0.3) is 0 Å². The van der Waals surface area contributed by atoms with Crippen molar-refractivity contribution in [3.63, 3.8) is 0 Å². The predicted octanol–water partition coefficient (Wildman–Crippen LogP) is 1.85. The molecule has 0 amide bonds. The van der Waals surface area contributed by atoms with Crippen molar-refractivity contribution in [1.29, 1.82) is 5.26 Å². The summed E-state index contributed by atoms with van der Waals surface area (Å²) < 4.78 is 4.85. The van der Waals surface area contributed by atoms with E-state index >= 15 is 0 Å². The van der Waals surface area contributed by atoms with Gasteiger partial charge < -0.3 is 9.84 Å². The Morgan fingerprint density at radius 3 is 2.80 bits per heavy atom. The molecule has 0 atom stereocenters. The highest BCUT2D eigenvalue weighted by Crippen LogP contribution is 2.31. The van der Waals surface area contributed by atoms with Crippen molar-refractivity contribution in [3.8, 4) is 17.6 Å². The van der Waals surface area contributed by atoms with E-state index in [1.54, 1.807) is 6.07 Å². The summed E-state index contributed by atoms with van der Waals surface area (Å²) in [5.74, 6) is -0.297. The van der Waals surface area contributed by atoms with E-state index in [1.807, 2.05) is 0 Å². The van der Waals surface area contributed by atoms with Crippen LogP contribution in [-0.4, -0.2) is 23.3 Å².